The normalized spacial score (nSPS) is 17.7. The summed E-state index contributed by atoms with van der Waals surface area (Å²) in [5.41, 5.74) is 8.64. The van der Waals surface area contributed by atoms with Gasteiger partial charge in [-0.3, -0.25) is 9.48 Å². The molecule has 2 saturated heterocycles. The molecule has 218 valence electrons. The summed E-state index contributed by atoms with van der Waals surface area (Å²) in [4.78, 5) is 27.8. The third-order valence-corrected chi connectivity index (χ3v) is 7.85. The van der Waals surface area contributed by atoms with Crippen LogP contribution in [0.2, 0.25) is 0 Å². The maximum absolute atomic E-state index is 14.7. The Kier molecular flexibility index (Phi) is 7.95. The second-order valence-electron chi connectivity index (χ2n) is 10.5. The summed E-state index contributed by atoms with van der Waals surface area (Å²) in [7, 11) is 1.48. The van der Waals surface area contributed by atoms with E-state index in [0.717, 1.165) is 62.3 Å². The minimum absolute atomic E-state index is 0.181. The van der Waals surface area contributed by atoms with Gasteiger partial charge in [-0.2, -0.15) is 5.10 Å². The summed E-state index contributed by atoms with van der Waals surface area (Å²) < 4.78 is 27.6. The molecule has 3 aromatic heterocycles. The molecule has 2 fully saturated rings. The molecule has 6 rings (SSSR count). The fourth-order valence-corrected chi connectivity index (χ4v) is 5.62. The predicted molar refractivity (Wildman–Crippen MR) is 156 cm³/mol. The topological polar surface area (TPSA) is 133 Å². The average molecular weight is 573 g/mol. The molecule has 0 radical (unpaired) electrons. The number of piperidine rings is 1. The minimum Gasteiger partial charge on any atom is -0.496 e. The van der Waals surface area contributed by atoms with Gasteiger partial charge in [0.15, 0.2) is 5.82 Å². The number of amides is 1. The van der Waals surface area contributed by atoms with Gasteiger partial charge in [-0.15, -0.1) is 0 Å². The van der Waals surface area contributed by atoms with Crippen LogP contribution in [0.5, 0.6) is 5.75 Å². The number of anilines is 3. The van der Waals surface area contributed by atoms with Gasteiger partial charge in [0.05, 0.1) is 30.8 Å². The SMILES string of the molecule is COc1cccc(F)c1-c1nccc(Nc2cc(N3CCC[C@@H](C(N)=O)C3)c(-c3cnn(C4CCOCC4)c3)cn2)n1. The van der Waals surface area contributed by atoms with Crippen molar-refractivity contribution in [3.8, 4) is 28.3 Å². The fourth-order valence-electron chi connectivity index (χ4n) is 5.62. The van der Waals surface area contributed by atoms with E-state index in [1.807, 2.05) is 16.9 Å². The van der Waals surface area contributed by atoms with Crippen LogP contribution in [0.25, 0.3) is 22.5 Å². The molecule has 3 N–H and O–H groups in total. The smallest absolute Gasteiger partial charge is 0.222 e. The Labute approximate surface area is 242 Å². The highest BCUT2D eigenvalue weighted by molar-refractivity contribution is 5.82. The Balaban J connectivity index is 1.34. The first kappa shape index (κ1) is 27.6. The fraction of sp³-hybridized carbons (Fsp3) is 0.367. The van der Waals surface area contributed by atoms with E-state index >= 15 is 0 Å². The molecule has 0 aliphatic carbocycles. The molecule has 0 saturated carbocycles. The number of benzene rings is 1. The predicted octanol–water partition coefficient (Wildman–Crippen LogP) is 4.35. The Morgan fingerprint density at radius 2 is 2.00 bits per heavy atom. The lowest BCUT2D eigenvalue weighted by Gasteiger charge is -2.34. The van der Waals surface area contributed by atoms with E-state index in [2.05, 4.69) is 36.5 Å². The molecule has 4 aromatic rings. The summed E-state index contributed by atoms with van der Waals surface area (Å²) in [5.74, 6) is 0.500. The average Bonchev–Trinajstić information content (AvgIpc) is 3.52. The summed E-state index contributed by atoms with van der Waals surface area (Å²) in [6, 6.07) is 8.50. The molecule has 2 aliphatic rings. The van der Waals surface area contributed by atoms with Crippen molar-refractivity contribution >= 4 is 23.2 Å². The van der Waals surface area contributed by atoms with Gasteiger partial charge in [-0.05, 0) is 43.9 Å². The van der Waals surface area contributed by atoms with E-state index in [1.165, 1.54) is 13.2 Å². The van der Waals surface area contributed by atoms with E-state index in [-0.39, 0.29) is 23.2 Å². The van der Waals surface area contributed by atoms with E-state index in [9.17, 15) is 9.18 Å². The van der Waals surface area contributed by atoms with Crippen molar-refractivity contribution in [2.45, 2.75) is 31.7 Å². The number of nitrogens with two attached hydrogens (primary N) is 1. The van der Waals surface area contributed by atoms with Crippen LogP contribution in [0.3, 0.4) is 0 Å². The van der Waals surface area contributed by atoms with E-state index < -0.39 is 5.82 Å². The molecule has 0 spiro atoms. The number of nitrogens with one attached hydrogen (secondary N) is 1. The van der Waals surface area contributed by atoms with Crippen molar-refractivity contribution in [1.29, 1.82) is 0 Å². The van der Waals surface area contributed by atoms with Gasteiger partial charge in [0.2, 0.25) is 5.91 Å². The lowest BCUT2D eigenvalue weighted by Crippen LogP contribution is -2.41. The highest BCUT2D eigenvalue weighted by atomic mass is 19.1. The van der Waals surface area contributed by atoms with Gasteiger partial charge < -0.3 is 25.4 Å². The first-order valence-electron chi connectivity index (χ1n) is 14.1. The Hall–Kier alpha value is -4.58. The quantitative estimate of drug-likeness (QED) is 0.316. The van der Waals surface area contributed by atoms with Crippen LogP contribution in [-0.2, 0) is 9.53 Å². The third-order valence-electron chi connectivity index (χ3n) is 7.85. The second kappa shape index (κ2) is 12.1. The first-order chi connectivity index (χ1) is 20.5. The lowest BCUT2D eigenvalue weighted by molar-refractivity contribution is -0.122. The molecule has 2 aliphatic heterocycles. The number of primary amides is 1. The maximum atomic E-state index is 14.7. The first-order valence-corrected chi connectivity index (χ1v) is 14.1. The van der Waals surface area contributed by atoms with Crippen LogP contribution in [0.1, 0.15) is 31.7 Å². The third kappa shape index (κ3) is 5.75. The summed E-state index contributed by atoms with van der Waals surface area (Å²) in [6.45, 7) is 2.75. The van der Waals surface area contributed by atoms with E-state index in [1.54, 1.807) is 30.6 Å². The zero-order chi connectivity index (χ0) is 29.1. The number of aromatic nitrogens is 5. The number of carbonyl (C=O) groups is 1. The Morgan fingerprint density at radius 1 is 1.14 bits per heavy atom. The molecule has 1 atom stereocenters. The molecule has 0 bridgehead atoms. The maximum Gasteiger partial charge on any atom is 0.222 e. The number of rotatable bonds is 8. The van der Waals surface area contributed by atoms with Gasteiger partial charge in [-0.25, -0.2) is 19.3 Å². The van der Waals surface area contributed by atoms with Crippen LogP contribution in [0, 0.1) is 11.7 Å². The van der Waals surface area contributed by atoms with Crippen LogP contribution in [0.15, 0.2) is 55.1 Å². The van der Waals surface area contributed by atoms with Gasteiger partial charge in [0.1, 0.15) is 23.2 Å². The zero-order valence-corrected chi connectivity index (χ0v) is 23.4. The number of carbonyl (C=O) groups excluding carboxylic acids is 1. The van der Waals surface area contributed by atoms with Crippen molar-refractivity contribution in [2.24, 2.45) is 11.7 Å². The summed E-state index contributed by atoms with van der Waals surface area (Å²) >= 11 is 0. The van der Waals surface area contributed by atoms with Gasteiger partial charge in [0, 0.05) is 67.8 Å². The minimum atomic E-state index is -0.480. The molecule has 0 unspecified atom stereocenters. The van der Waals surface area contributed by atoms with Gasteiger partial charge in [0.25, 0.3) is 0 Å². The standard InChI is InChI=1S/C30H33FN8O3/c1-41-25-6-2-5-23(31)28(25)30-33-10-7-26(37-30)36-27-14-24(38-11-3-4-19(17-38)29(32)40)22(16-34-27)20-15-35-39(18-20)21-8-12-42-13-9-21/h2,5-7,10,14-16,18-19,21H,3-4,8-9,11-13,17H2,1H3,(H2,32,40)(H,33,34,36,37)/t19-/m1/s1. The van der Waals surface area contributed by atoms with Crippen molar-refractivity contribution in [3.05, 3.63) is 60.9 Å². The van der Waals surface area contributed by atoms with Crippen LogP contribution in [-0.4, -0.2) is 64.1 Å². The van der Waals surface area contributed by atoms with Gasteiger partial charge >= 0.3 is 0 Å². The summed E-state index contributed by atoms with van der Waals surface area (Å²) in [5, 5.41) is 7.90. The van der Waals surface area contributed by atoms with Crippen LogP contribution >= 0.6 is 0 Å². The number of halogens is 1. The van der Waals surface area contributed by atoms with E-state index in [4.69, 9.17) is 15.2 Å². The molecule has 11 nitrogen and oxygen atoms in total. The molecule has 1 aromatic carbocycles. The molecular weight excluding hydrogens is 539 g/mol. The monoisotopic (exact) mass is 572 g/mol. The second-order valence-corrected chi connectivity index (χ2v) is 10.5. The molecule has 12 heteroatoms. The number of ether oxygens (including phenoxy) is 2. The number of hydrogen-bond donors (Lipinski definition) is 2. The van der Waals surface area contributed by atoms with Crippen molar-refractivity contribution in [1.82, 2.24) is 24.7 Å². The number of methoxy groups -OCH3 is 1. The molecule has 1 amide bonds. The Morgan fingerprint density at radius 3 is 2.81 bits per heavy atom. The number of pyridine rings is 1. The molecule has 5 heterocycles. The van der Waals surface area contributed by atoms with Crippen molar-refractivity contribution in [2.75, 3.05) is 43.6 Å². The molecular formula is C30H33FN8O3. The van der Waals surface area contributed by atoms with Crippen LogP contribution < -0.4 is 20.7 Å². The Bertz CT molecular complexity index is 1570. The zero-order valence-electron chi connectivity index (χ0n) is 23.4. The van der Waals surface area contributed by atoms with E-state index in [0.29, 0.717) is 30.0 Å². The van der Waals surface area contributed by atoms with Crippen molar-refractivity contribution in [3.63, 3.8) is 0 Å². The largest absolute Gasteiger partial charge is 0.496 e. The number of hydrogen-bond acceptors (Lipinski definition) is 9. The van der Waals surface area contributed by atoms with Crippen molar-refractivity contribution < 1.29 is 18.7 Å². The van der Waals surface area contributed by atoms with Gasteiger partial charge in [-0.1, -0.05) is 6.07 Å². The van der Waals surface area contributed by atoms with Crippen LogP contribution in [0.4, 0.5) is 21.7 Å². The summed E-state index contributed by atoms with van der Waals surface area (Å²) in [6.07, 6.45) is 10.7. The highest BCUT2D eigenvalue weighted by Crippen LogP contribution is 2.36. The lowest BCUT2D eigenvalue weighted by atomic mass is 9.96. The highest BCUT2D eigenvalue weighted by Gasteiger charge is 2.27. The molecule has 42 heavy (non-hydrogen) atoms. The number of nitrogens with zero attached hydrogens (tertiary/aromatic N) is 6.